The number of carbonyl (C=O) groups excluding carboxylic acids is 3. The van der Waals surface area contributed by atoms with E-state index < -0.39 is 41.7 Å². The van der Waals surface area contributed by atoms with Crippen LogP contribution in [-0.4, -0.2) is 111 Å². The number of hydrogen-bond donors (Lipinski definition) is 2. The third-order valence-corrected chi connectivity index (χ3v) is 15.5. The molecule has 17 nitrogen and oxygen atoms in total. The highest BCUT2D eigenvalue weighted by Gasteiger charge is 2.44. The highest BCUT2D eigenvalue weighted by atomic mass is 32.2. The molecule has 2 aliphatic heterocycles. The number of rotatable bonds is 22. The zero-order chi connectivity index (χ0) is 48.8. The molecule has 2 atom stereocenters. The van der Waals surface area contributed by atoms with E-state index in [9.17, 15) is 44.2 Å². The summed E-state index contributed by atoms with van der Waals surface area (Å²) in [4.78, 5) is 42.8. The lowest BCUT2D eigenvalue weighted by Gasteiger charge is -2.30. The molecule has 0 saturated carbocycles. The molecule has 1 fully saturated rings. The molecule has 3 heterocycles. The van der Waals surface area contributed by atoms with Crippen LogP contribution in [-0.2, 0) is 63.9 Å². The van der Waals surface area contributed by atoms with Crippen molar-refractivity contribution in [3.8, 4) is 0 Å². The van der Waals surface area contributed by atoms with E-state index in [0.717, 1.165) is 35.8 Å². The summed E-state index contributed by atoms with van der Waals surface area (Å²) in [5.41, 5.74) is 3.17. The van der Waals surface area contributed by atoms with Crippen LogP contribution >= 0.6 is 0 Å². The van der Waals surface area contributed by atoms with Gasteiger partial charge in [-0.3, -0.25) is 32.2 Å². The number of hydrogen-bond acceptors (Lipinski definition) is 13. The van der Waals surface area contributed by atoms with E-state index in [1.54, 1.807) is 25.1 Å². The zero-order valence-corrected chi connectivity index (χ0v) is 41.4. The van der Waals surface area contributed by atoms with Crippen molar-refractivity contribution in [2.75, 3.05) is 68.2 Å². The Morgan fingerprint density at radius 2 is 1.70 bits per heavy atom. The first-order valence-electron chi connectivity index (χ1n) is 22.0. The maximum absolute atomic E-state index is 13.1. The molecule has 1 saturated heterocycles. The molecular formula is C46H63N4O13S3+. The number of nitrogens with zero attached hydrogens (tertiary/aromatic N) is 3. The molecule has 2 unspecified atom stereocenters. The van der Waals surface area contributed by atoms with Gasteiger partial charge in [-0.15, -0.1) is 0 Å². The van der Waals surface area contributed by atoms with Crippen molar-refractivity contribution >= 4 is 76.5 Å². The summed E-state index contributed by atoms with van der Waals surface area (Å²) in [6.07, 6.45) is 6.81. The van der Waals surface area contributed by atoms with E-state index in [0.29, 0.717) is 54.2 Å². The second kappa shape index (κ2) is 21.1. The standard InChI is InChI=1S/C46H62N4O13S3/c1-9-48(23-12-26-64(54,55)56)33-17-19-36-37(45(3,4)5)30-34(63-40(36)29-33)14-10-15-41-46(6,21-11-16-42(51)47-22-25-50-43(52)28-32(2)44(50)53)38-31-35(66(59,60)62-8)18-20-39(38)49(41)24-13-27-65(57,58)61-7/h10,14-15,17-20,29-32H,9,11-13,16,21-28H2,1-8H3,(H-,47,51,54,55,56)/p+1/b14-10+,41-15-. The van der Waals surface area contributed by atoms with E-state index in [4.69, 9.17) is 12.8 Å². The van der Waals surface area contributed by atoms with Gasteiger partial charge >= 0.3 is 11.3 Å². The van der Waals surface area contributed by atoms with Crippen LogP contribution in [0.2, 0.25) is 0 Å². The van der Waals surface area contributed by atoms with Crippen molar-refractivity contribution in [3.63, 3.8) is 0 Å². The number of amides is 3. The van der Waals surface area contributed by atoms with E-state index >= 15 is 0 Å². The van der Waals surface area contributed by atoms with Gasteiger partial charge in [-0.2, -0.15) is 25.3 Å². The summed E-state index contributed by atoms with van der Waals surface area (Å²) in [7, 11) is -9.87. The van der Waals surface area contributed by atoms with Gasteiger partial charge in [-0.05, 0) is 92.5 Å². The van der Waals surface area contributed by atoms with Crippen molar-refractivity contribution in [1.29, 1.82) is 0 Å². The molecule has 3 amide bonds. The van der Waals surface area contributed by atoms with Crippen LogP contribution in [0, 0.1) is 5.92 Å². The first kappa shape index (κ1) is 52.2. The van der Waals surface area contributed by atoms with Crippen LogP contribution in [0.15, 0.2) is 69.6 Å². The zero-order valence-electron chi connectivity index (χ0n) is 39.0. The average molecular weight is 976 g/mol. The van der Waals surface area contributed by atoms with Gasteiger partial charge in [0.25, 0.3) is 30.4 Å². The van der Waals surface area contributed by atoms with Crippen molar-refractivity contribution < 1.29 is 57.0 Å². The van der Waals surface area contributed by atoms with E-state index in [2.05, 4.69) is 26.1 Å². The van der Waals surface area contributed by atoms with Gasteiger partial charge in [-0.25, -0.2) is 4.42 Å². The first-order chi connectivity index (χ1) is 30.8. The second-order valence-corrected chi connectivity index (χ2v) is 23.0. The summed E-state index contributed by atoms with van der Waals surface area (Å²) in [5.74, 6) is -1.33. The number of likely N-dealkylation sites (tertiary alicyclic amines) is 1. The SMILES string of the molecule is CCN(CCCS(=O)(=O)O)c1ccc2c(C(C)(C)C)cc(/C=C/C=C3\N(CCCS(=O)(=O)OC)c4ccc(S(=O)(=O)OC)cc4C3(C)CCCC(=O)NCCN3C(=O)CC(C)C3=O)[o+]c2c1. The molecular weight excluding hydrogens is 913 g/mol. The Kier molecular flexibility index (Phi) is 16.7. The lowest BCUT2D eigenvalue weighted by Crippen LogP contribution is -2.38. The van der Waals surface area contributed by atoms with Crippen LogP contribution in [0.4, 0.5) is 11.4 Å². The third-order valence-electron chi connectivity index (χ3n) is 12.1. The number of allylic oxidation sites excluding steroid dienone is 3. The van der Waals surface area contributed by atoms with Gasteiger partial charge in [0.15, 0.2) is 0 Å². The van der Waals surface area contributed by atoms with Gasteiger partial charge in [0, 0.05) is 86.1 Å². The molecule has 362 valence electrons. The Morgan fingerprint density at radius 1 is 0.970 bits per heavy atom. The van der Waals surface area contributed by atoms with Crippen molar-refractivity contribution in [3.05, 3.63) is 77.2 Å². The normalized spacial score (nSPS) is 18.9. The van der Waals surface area contributed by atoms with Crippen LogP contribution in [0.25, 0.3) is 17.0 Å². The quantitative estimate of drug-likeness (QED) is 0.0497. The molecule has 2 N–H and O–H groups in total. The largest absolute Gasteiger partial charge is 0.371 e. The molecule has 66 heavy (non-hydrogen) atoms. The summed E-state index contributed by atoms with van der Waals surface area (Å²) >= 11 is 0. The highest BCUT2D eigenvalue weighted by molar-refractivity contribution is 7.87. The summed E-state index contributed by atoms with van der Waals surface area (Å²) in [5, 5.41) is 3.70. The number of fused-ring (bicyclic) bond motifs is 2. The Bertz CT molecular complexity index is 2710. The Balaban J connectivity index is 1.53. The first-order valence-corrected chi connectivity index (χ1v) is 26.6. The van der Waals surface area contributed by atoms with Crippen LogP contribution in [0.3, 0.4) is 0 Å². The van der Waals surface area contributed by atoms with Crippen LogP contribution in [0.5, 0.6) is 0 Å². The van der Waals surface area contributed by atoms with Crippen LogP contribution < -0.4 is 15.1 Å². The third kappa shape index (κ3) is 12.6. The van der Waals surface area contributed by atoms with Crippen molar-refractivity contribution in [2.24, 2.45) is 5.92 Å². The van der Waals surface area contributed by atoms with Gasteiger partial charge in [0.1, 0.15) is 0 Å². The molecule has 0 radical (unpaired) electrons. The minimum atomic E-state index is -4.13. The highest BCUT2D eigenvalue weighted by Crippen LogP contribution is 2.51. The van der Waals surface area contributed by atoms with Gasteiger partial charge in [0.05, 0.1) is 42.1 Å². The smallest absolute Gasteiger partial charge is 0.363 e. The number of imide groups is 1. The molecule has 0 aliphatic carbocycles. The lowest BCUT2D eigenvalue weighted by molar-refractivity contribution is -0.139. The molecule has 0 bridgehead atoms. The number of carbonyl (C=O) groups is 3. The molecule has 1 aromatic heterocycles. The number of benzene rings is 2. The predicted octanol–water partition coefficient (Wildman–Crippen LogP) is 6.17. The molecule has 20 heteroatoms. The molecule has 0 spiro atoms. The fourth-order valence-corrected chi connectivity index (χ4v) is 10.4. The Morgan fingerprint density at radius 3 is 2.32 bits per heavy atom. The molecule has 5 rings (SSSR count). The average Bonchev–Trinajstić information content (AvgIpc) is 3.63. The van der Waals surface area contributed by atoms with E-state index in [1.165, 1.54) is 6.07 Å². The minimum absolute atomic E-state index is 0.0708. The molecule has 2 aliphatic rings. The Labute approximate surface area is 389 Å². The van der Waals surface area contributed by atoms with Gasteiger partial charge < -0.3 is 15.1 Å². The lowest BCUT2D eigenvalue weighted by atomic mass is 9.77. The monoisotopic (exact) mass is 975 g/mol. The fourth-order valence-electron chi connectivity index (χ4n) is 8.59. The van der Waals surface area contributed by atoms with Gasteiger partial charge in [0.2, 0.25) is 17.7 Å². The second-order valence-electron chi connectivity index (χ2n) is 17.9. The van der Waals surface area contributed by atoms with Gasteiger partial charge in [-0.1, -0.05) is 33.8 Å². The maximum Gasteiger partial charge on any atom is 0.363 e. The van der Waals surface area contributed by atoms with Crippen molar-refractivity contribution in [2.45, 2.75) is 95.8 Å². The molecule has 3 aromatic rings. The summed E-state index contributed by atoms with van der Waals surface area (Å²) in [6.45, 7) is 13.2. The minimum Gasteiger partial charge on any atom is -0.371 e. The summed E-state index contributed by atoms with van der Waals surface area (Å²) in [6, 6.07) is 12.5. The van der Waals surface area contributed by atoms with Crippen LogP contribution in [0.1, 0.15) is 97.0 Å². The maximum atomic E-state index is 13.1. The summed E-state index contributed by atoms with van der Waals surface area (Å²) < 4.78 is 99.1. The Hall–Kier alpha value is -4.73. The predicted molar refractivity (Wildman–Crippen MR) is 253 cm³/mol. The van der Waals surface area contributed by atoms with E-state index in [1.807, 2.05) is 60.1 Å². The van der Waals surface area contributed by atoms with Crippen molar-refractivity contribution in [1.82, 2.24) is 10.2 Å². The number of nitrogens with one attached hydrogen (secondary N) is 1. The fraction of sp³-hybridized carbons (Fsp3) is 0.522. The molecule has 2 aromatic carbocycles. The topological polar surface area (TPSA) is 225 Å². The van der Waals surface area contributed by atoms with E-state index in [-0.39, 0.29) is 84.9 Å². The number of anilines is 2.